The van der Waals surface area contributed by atoms with E-state index in [9.17, 15) is 4.39 Å². The summed E-state index contributed by atoms with van der Waals surface area (Å²) in [6, 6.07) is 5.31. The van der Waals surface area contributed by atoms with Gasteiger partial charge < -0.3 is 5.32 Å². The lowest BCUT2D eigenvalue weighted by atomic mass is 10.0. The summed E-state index contributed by atoms with van der Waals surface area (Å²) in [5, 5.41) is 3.20. The largest absolute Gasteiger partial charge is 0.310 e. The van der Waals surface area contributed by atoms with Gasteiger partial charge in [0.05, 0.1) is 0 Å². The maximum Gasteiger partial charge on any atom is 0.128 e. The molecule has 2 heteroatoms. The molecular weight excluding hydrogens is 165 g/mol. The Labute approximate surface area is 78.0 Å². The van der Waals surface area contributed by atoms with E-state index in [-0.39, 0.29) is 11.4 Å². The van der Waals surface area contributed by atoms with Crippen molar-refractivity contribution in [2.24, 2.45) is 0 Å². The summed E-state index contributed by atoms with van der Waals surface area (Å²) < 4.78 is 13.5. The molecule has 0 bridgehead atoms. The molecule has 0 unspecified atom stereocenters. The summed E-state index contributed by atoms with van der Waals surface area (Å²) in [4.78, 5) is 0. The normalized spacial score (nSPS) is 18.7. The van der Waals surface area contributed by atoms with Crippen molar-refractivity contribution in [1.82, 2.24) is 5.32 Å². The molecule has 70 valence electrons. The van der Waals surface area contributed by atoms with Crippen LogP contribution in [0.3, 0.4) is 0 Å². The summed E-state index contributed by atoms with van der Waals surface area (Å²) in [7, 11) is 1.90. The van der Waals surface area contributed by atoms with E-state index in [4.69, 9.17) is 0 Å². The lowest BCUT2D eigenvalue weighted by Gasteiger charge is -2.15. The predicted molar refractivity (Wildman–Crippen MR) is 51.1 cm³/mol. The quantitative estimate of drug-likeness (QED) is 0.734. The van der Waals surface area contributed by atoms with Gasteiger partial charge in [-0.25, -0.2) is 4.39 Å². The zero-order valence-electron chi connectivity index (χ0n) is 8.02. The Bertz CT molecular complexity index is 329. The van der Waals surface area contributed by atoms with Crippen LogP contribution in [0.25, 0.3) is 0 Å². The topological polar surface area (TPSA) is 12.0 Å². The van der Waals surface area contributed by atoms with Gasteiger partial charge in [0.1, 0.15) is 5.82 Å². The van der Waals surface area contributed by atoms with Gasteiger partial charge in [-0.2, -0.15) is 0 Å². The molecule has 1 fully saturated rings. The first-order valence-corrected chi connectivity index (χ1v) is 4.63. The molecule has 0 radical (unpaired) electrons. The number of hydrogen-bond acceptors (Lipinski definition) is 1. The Hall–Kier alpha value is -0.890. The zero-order chi connectivity index (χ0) is 9.47. The third-order valence-electron chi connectivity index (χ3n) is 2.87. The van der Waals surface area contributed by atoms with E-state index in [0.717, 1.165) is 24.0 Å². The van der Waals surface area contributed by atoms with Crippen molar-refractivity contribution in [2.45, 2.75) is 25.3 Å². The highest BCUT2D eigenvalue weighted by atomic mass is 19.1. The van der Waals surface area contributed by atoms with Crippen LogP contribution in [0.2, 0.25) is 0 Å². The summed E-state index contributed by atoms with van der Waals surface area (Å²) >= 11 is 0. The second kappa shape index (κ2) is 2.81. The molecular formula is C11H14FN. The van der Waals surface area contributed by atoms with Crippen LogP contribution in [0, 0.1) is 12.7 Å². The smallest absolute Gasteiger partial charge is 0.128 e. The van der Waals surface area contributed by atoms with Crippen LogP contribution >= 0.6 is 0 Å². The third kappa shape index (κ3) is 1.35. The van der Waals surface area contributed by atoms with Crippen molar-refractivity contribution in [1.29, 1.82) is 0 Å². The van der Waals surface area contributed by atoms with Crippen LogP contribution in [-0.4, -0.2) is 7.05 Å². The van der Waals surface area contributed by atoms with Crippen LogP contribution in [-0.2, 0) is 5.54 Å². The lowest BCUT2D eigenvalue weighted by molar-refractivity contribution is 0.525. The molecule has 1 aliphatic rings. The average molecular weight is 179 g/mol. The lowest BCUT2D eigenvalue weighted by Crippen LogP contribution is -2.25. The van der Waals surface area contributed by atoms with E-state index in [1.54, 1.807) is 6.07 Å². The molecule has 1 aromatic rings. The van der Waals surface area contributed by atoms with Gasteiger partial charge in [-0.3, -0.25) is 0 Å². The Kier molecular flexibility index (Phi) is 1.88. The Balaban J connectivity index is 2.44. The van der Waals surface area contributed by atoms with Crippen molar-refractivity contribution in [3.63, 3.8) is 0 Å². The van der Waals surface area contributed by atoms with Gasteiger partial charge in [0.25, 0.3) is 0 Å². The first kappa shape index (κ1) is 8.70. The van der Waals surface area contributed by atoms with Gasteiger partial charge in [-0.1, -0.05) is 17.7 Å². The minimum absolute atomic E-state index is 0.0594. The minimum Gasteiger partial charge on any atom is -0.310 e. The van der Waals surface area contributed by atoms with Crippen molar-refractivity contribution in [3.8, 4) is 0 Å². The summed E-state index contributed by atoms with van der Waals surface area (Å²) in [5.41, 5.74) is 1.89. The van der Waals surface area contributed by atoms with Gasteiger partial charge >= 0.3 is 0 Å². The fourth-order valence-corrected chi connectivity index (χ4v) is 1.78. The molecule has 1 N–H and O–H groups in total. The highest BCUT2D eigenvalue weighted by molar-refractivity contribution is 5.34. The van der Waals surface area contributed by atoms with Gasteiger partial charge in [0, 0.05) is 11.1 Å². The molecule has 13 heavy (non-hydrogen) atoms. The fourth-order valence-electron chi connectivity index (χ4n) is 1.78. The van der Waals surface area contributed by atoms with E-state index < -0.39 is 0 Å². The fraction of sp³-hybridized carbons (Fsp3) is 0.455. The molecule has 0 amide bonds. The van der Waals surface area contributed by atoms with Crippen LogP contribution in [0.4, 0.5) is 4.39 Å². The summed E-state index contributed by atoms with van der Waals surface area (Å²) in [6.07, 6.45) is 2.09. The molecule has 0 spiro atoms. The first-order chi connectivity index (χ1) is 6.18. The molecule has 1 aromatic carbocycles. The maximum atomic E-state index is 13.5. The van der Waals surface area contributed by atoms with Gasteiger partial charge in [-0.05, 0) is 32.9 Å². The molecule has 0 saturated heterocycles. The first-order valence-electron chi connectivity index (χ1n) is 4.63. The summed E-state index contributed by atoms with van der Waals surface area (Å²) in [6.45, 7) is 1.99. The second-order valence-electron chi connectivity index (χ2n) is 3.82. The molecule has 0 heterocycles. The van der Waals surface area contributed by atoms with E-state index in [1.165, 1.54) is 0 Å². The molecule has 1 nitrogen and oxygen atoms in total. The van der Waals surface area contributed by atoms with E-state index >= 15 is 0 Å². The number of nitrogens with one attached hydrogen (secondary N) is 1. The van der Waals surface area contributed by atoms with Gasteiger partial charge in [0.15, 0.2) is 0 Å². The molecule has 1 saturated carbocycles. The SMILES string of the molecule is CNC1(c2cc(C)ccc2F)CC1. The van der Waals surface area contributed by atoms with Crippen LogP contribution in [0.5, 0.6) is 0 Å². The van der Waals surface area contributed by atoms with Crippen molar-refractivity contribution in [3.05, 3.63) is 35.1 Å². The third-order valence-corrected chi connectivity index (χ3v) is 2.87. The molecule has 2 rings (SSSR count). The highest BCUT2D eigenvalue weighted by Crippen LogP contribution is 2.46. The molecule has 0 aromatic heterocycles. The minimum atomic E-state index is -0.0857. The molecule has 0 aliphatic heterocycles. The van der Waals surface area contributed by atoms with Crippen LogP contribution in [0.15, 0.2) is 18.2 Å². The number of benzene rings is 1. The van der Waals surface area contributed by atoms with Crippen LogP contribution < -0.4 is 5.32 Å². The molecule has 1 aliphatic carbocycles. The Morgan fingerprint density at radius 1 is 1.38 bits per heavy atom. The van der Waals surface area contributed by atoms with E-state index in [1.807, 2.05) is 26.1 Å². The Morgan fingerprint density at radius 3 is 2.62 bits per heavy atom. The second-order valence-corrected chi connectivity index (χ2v) is 3.82. The maximum absolute atomic E-state index is 13.5. The van der Waals surface area contributed by atoms with Gasteiger partial charge in [-0.15, -0.1) is 0 Å². The predicted octanol–water partition coefficient (Wildman–Crippen LogP) is 2.34. The number of rotatable bonds is 2. The van der Waals surface area contributed by atoms with Crippen molar-refractivity contribution >= 4 is 0 Å². The van der Waals surface area contributed by atoms with Crippen molar-refractivity contribution < 1.29 is 4.39 Å². The van der Waals surface area contributed by atoms with Gasteiger partial charge in [0.2, 0.25) is 0 Å². The number of hydrogen-bond donors (Lipinski definition) is 1. The highest BCUT2D eigenvalue weighted by Gasteiger charge is 2.44. The zero-order valence-corrected chi connectivity index (χ0v) is 8.02. The van der Waals surface area contributed by atoms with E-state index in [2.05, 4.69) is 5.32 Å². The summed E-state index contributed by atoms with van der Waals surface area (Å²) in [5.74, 6) is -0.0857. The monoisotopic (exact) mass is 179 g/mol. The Morgan fingerprint density at radius 2 is 2.08 bits per heavy atom. The van der Waals surface area contributed by atoms with Crippen LogP contribution in [0.1, 0.15) is 24.0 Å². The number of aryl methyl sites for hydroxylation is 1. The van der Waals surface area contributed by atoms with E-state index in [0.29, 0.717) is 0 Å². The standard InChI is InChI=1S/C11H14FN/c1-8-3-4-10(12)9(7-8)11(13-2)5-6-11/h3-4,7,13H,5-6H2,1-2H3. The number of halogens is 1. The van der Waals surface area contributed by atoms with Crippen molar-refractivity contribution in [2.75, 3.05) is 7.05 Å². The molecule has 0 atom stereocenters. The average Bonchev–Trinajstić information content (AvgIpc) is 2.90.